The molecule has 0 spiro atoms. The summed E-state index contributed by atoms with van der Waals surface area (Å²) in [7, 11) is 0. The maximum Gasteiger partial charge on any atom is 0.113 e. The van der Waals surface area contributed by atoms with Crippen molar-refractivity contribution in [2.24, 2.45) is 5.73 Å². The number of nitrogens with two attached hydrogens (primary N) is 1. The fourth-order valence-electron chi connectivity index (χ4n) is 2.64. The first-order chi connectivity index (χ1) is 8.69. The van der Waals surface area contributed by atoms with Crippen molar-refractivity contribution in [2.75, 3.05) is 0 Å². The molecule has 0 amide bonds. The number of hydrogen-bond donors (Lipinski definition) is 1. The molecule has 2 nitrogen and oxygen atoms in total. The SMILES string of the molecule is Cc1ccsc1-c1csc(C2(N)CCCCC2)n1. The quantitative estimate of drug-likeness (QED) is 0.889. The van der Waals surface area contributed by atoms with Gasteiger partial charge >= 0.3 is 0 Å². The highest BCUT2D eigenvalue weighted by molar-refractivity contribution is 7.14. The highest BCUT2D eigenvalue weighted by atomic mass is 32.1. The van der Waals surface area contributed by atoms with Crippen LogP contribution in [0.25, 0.3) is 10.6 Å². The van der Waals surface area contributed by atoms with E-state index in [2.05, 4.69) is 23.8 Å². The molecule has 1 aliphatic carbocycles. The van der Waals surface area contributed by atoms with Gasteiger partial charge in [-0.05, 0) is 36.8 Å². The number of aromatic nitrogens is 1. The maximum atomic E-state index is 6.54. The number of nitrogens with zero attached hydrogens (tertiary/aromatic N) is 1. The summed E-state index contributed by atoms with van der Waals surface area (Å²) in [5, 5.41) is 5.42. The average molecular weight is 278 g/mol. The van der Waals surface area contributed by atoms with Crippen LogP contribution in [-0.4, -0.2) is 4.98 Å². The number of aryl methyl sites for hydroxylation is 1. The molecule has 18 heavy (non-hydrogen) atoms. The van der Waals surface area contributed by atoms with Gasteiger partial charge < -0.3 is 5.73 Å². The van der Waals surface area contributed by atoms with Crippen molar-refractivity contribution in [3.05, 3.63) is 27.4 Å². The van der Waals surface area contributed by atoms with Gasteiger partial charge in [-0.1, -0.05) is 19.3 Å². The Bertz CT molecular complexity index is 535. The molecule has 4 heteroatoms. The summed E-state index contributed by atoms with van der Waals surface area (Å²) in [6.07, 6.45) is 5.97. The summed E-state index contributed by atoms with van der Waals surface area (Å²) in [5.74, 6) is 0. The van der Waals surface area contributed by atoms with Crippen LogP contribution in [-0.2, 0) is 5.54 Å². The first kappa shape index (κ1) is 12.3. The van der Waals surface area contributed by atoms with Crippen LogP contribution >= 0.6 is 22.7 Å². The maximum absolute atomic E-state index is 6.54. The van der Waals surface area contributed by atoms with Gasteiger partial charge in [-0.15, -0.1) is 22.7 Å². The molecule has 0 saturated heterocycles. The van der Waals surface area contributed by atoms with E-state index in [9.17, 15) is 0 Å². The third-order valence-corrected chi connectivity index (χ3v) is 5.87. The minimum atomic E-state index is -0.160. The molecule has 1 aliphatic rings. The molecule has 0 radical (unpaired) electrons. The predicted molar refractivity (Wildman–Crippen MR) is 79.1 cm³/mol. The molecule has 2 heterocycles. The van der Waals surface area contributed by atoms with Gasteiger partial charge in [-0.25, -0.2) is 4.98 Å². The van der Waals surface area contributed by atoms with Crippen molar-refractivity contribution < 1.29 is 0 Å². The number of thiazole rings is 1. The lowest BCUT2D eigenvalue weighted by atomic mass is 9.83. The zero-order valence-corrected chi connectivity index (χ0v) is 12.2. The number of hydrogen-bond acceptors (Lipinski definition) is 4. The monoisotopic (exact) mass is 278 g/mol. The Morgan fingerprint density at radius 2 is 2.00 bits per heavy atom. The zero-order valence-electron chi connectivity index (χ0n) is 10.6. The van der Waals surface area contributed by atoms with E-state index in [0.717, 1.165) is 23.5 Å². The Labute approximate surface area is 116 Å². The lowest BCUT2D eigenvalue weighted by Crippen LogP contribution is -2.38. The van der Waals surface area contributed by atoms with Crippen LogP contribution in [0.3, 0.4) is 0 Å². The van der Waals surface area contributed by atoms with Crippen LogP contribution < -0.4 is 5.73 Å². The van der Waals surface area contributed by atoms with Gasteiger partial charge in [0.25, 0.3) is 0 Å². The lowest BCUT2D eigenvalue weighted by Gasteiger charge is -2.31. The van der Waals surface area contributed by atoms with Crippen LogP contribution in [0.4, 0.5) is 0 Å². The van der Waals surface area contributed by atoms with Gasteiger partial charge in [0.2, 0.25) is 0 Å². The summed E-state index contributed by atoms with van der Waals surface area (Å²) in [4.78, 5) is 6.10. The van der Waals surface area contributed by atoms with Crippen molar-refractivity contribution in [1.29, 1.82) is 0 Å². The normalized spacial score (nSPS) is 19.0. The van der Waals surface area contributed by atoms with Gasteiger partial charge in [0.15, 0.2) is 0 Å². The highest BCUT2D eigenvalue weighted by Gasteiger charge is 2.32. The molecule has 1 fully saturated rings. The Kier molecular flexibility index (Phi) is 3.26. The van der Waals surface area contributed by atoms with Crippen molar-refractivity contribution in [1.82, 2.24) is 4.98 Å². The average Bonchev–Trinajstić information content (AvgIpc) is 2.98. The molecule has 3 rings (SSSR count). The van der Waals surface area contributed by atoms with E-state index in [1.807, 2.05) is 0 Å². The molecule has 0 aliphatic heterocycles. The largest absolute Gasteiger partial charge is 0.319 e. The molecule has 0 atom stereocenters. The second kappa shape index (κ2) is 4.76. The fraction of sp³-hybridized carbons (Fsp3) is 0.500. The number of thiophene rings is 1. The van der Waals surface area contributed by atoms with Crippen LogP contribution in [0.15, 0.2) is 16.8 Å². The van der Waals surface area contributed by atoms with Crippen molar-refractivity contribution >= 4 is 22.7 Å². The topological polar surface area (TPSA) is 38.9 Å². The van der Waals surface area contributed by atoms with Crippen LogP contribution in [0.1, 0.15) is 42.7 Å². The summed E-state index contributed by atoms with van der Waals surface area (Å²) in [6, 6.07) is 2.15. The van der Waals surface area contributed by atoms with Crippen LogP contribution in [0.2, 0.25) is 0 Å². The third kappa shape index (κ3) is 2.13. The van der Waals surface area contributed by atoms with Gasteiger partial charge in [0.1, 0.15) is 5.01 Å². The Morgan fingerprint density at radius 3 is 2.67 bits per heavy atom. The van der Waals surface area contributed by atoms with E-state index in [4.69, 9.17) is 10.7 Å². The highest BCUT2D eigenvalue weighted by Crippen LogP contribution is 2.38. The predicted octanol–water partition coefficient (Wildman–Crippen LogP) is 4.30. The van der Waals surface area contributed by atoms with Gasteiger partial charge in [-0.3, -0.25) is 0 Å². The summed E-state index contributed by atoms with van der Waals surface area (Å²) in [6.45, 7) is 2.14. The smallest absolute Gasteiger partial charge is 0.113 e. The summed E-state index contributed by atoms with van der Waals surface area (Å²) >= 11 is 3.50. The molecule has 0 aromatic carbocycles. The Balaban J connectivity index is 1.92. The standard InChI is InChI=1S/C14H18N2S2/c1-10-5-8-17-12(10)11-9-18-13(16-11)14(15)6-3-2-4-7-14/h5,8-9H,2-4,6-7,15H2,1H3. The van der Waals surface area contributed by atoms with E-state index in [1.165, 1.54) is 29.7 Å². The zero-order chi connectivity index (χ0) is 12.6. The molecule has 2 aromatic rings. The second-order valence-electron chi connectivity index (χ2n) is 5.19. The first-order valence-electron chi connectivity index (χ1n) is 6.48. The molecular weight excluding hydrogens is 260 g/mol. The summed E-state index contributed by atoms with van der Waals surface area (Å²) in [5.41, 5.74) is 8.80. The number of rotatable bonds is 2. The molecule has 2 aromatic heterocycles. The van der Waals surface area contributed by atoms with Gasteiger partial charge in [-0.2, -0.15) is 0 Å². The fourth-order valence-corrected chi connectivity index (χ4v) is 4.58. The van der Waals surface area contributed by atoms with E-state index >= 15 is 0 Å². The van der Waals surface area contributed by atoms with Crippen LogP contribution in [0.5, 0.6) is 0 Å². The van der Waals surface area contributed by atoms with E-state index < -0.39 is 0 Å². The van der Waals surface area contributed by atoms with E-state index in [1.54, 1.807) is 22.7 Å². The van der Waals surface area contributed by atoms with E-state index in [-0.39, 0.29) is 5.54 Å². The van der Waals surface area contributed by atoms with Crippen molar-refractivity contribution in [3.8, 4) is 10.6 Å². The molecule has 1 saturated carbocycles. The molecule has 2 N–H and O–H groups in total. The Morgan fingerprint density at radius 1 is 1.22 bits per heavy atom. The van der Waals surface area contributed by atoms with E-state index in [0.29, 0.717) is 0 Å². The lowest BCUT2D eigenvalue weighted by molar-refractivity contribution is 0.301. The minimum absolute atomic E-state index is 0.160. The minimum Gasteiger partial charge on any atom is -0.319 e. The second-order valence-corrected chi connectivity index (χ2v) is 6.96. The Hall–Kier alpha value is -0.710. The summed E-state index contributed by atoms with van der Waals surface area (Å²) < 4.78 is 0. The van der Waals surface area contributed by atoms with Crippen molar-refractivity contribution in [3.63, 3.8) is 0 Å². The molecule has 96 valence electrons. The van der Waals surface area contributed by atoms with Gasteiger partial charge in [0, 0.05) is 5.38 Å². The third-order valence-electron chi connectivity index (χ3n) is 3.77. The van der Waals surface area contributed by atoms with Crippen molar-refractivity contribution in [2.45, 2.75) is 44.6 Å². The molecule has 0 bridgehead atoms. The molecule has 0 unspecified atom stereocenters. The van der Waals surface area contributed by atoms with Gasteiger partial charge in [0.05, 0.1) is 16.1 Å². The molecular formula is C14H18N2S2. The first-order valence-corrected chi connectivity index (χ1v) is 8.24. The van der Waals surface area contributed by atoms with Crippen LogP contribution in [0, 0.1) is 6.92 Å².